The first-order chi connectivity index (χ1) is 12.8. The molecule has 2 aromatic rings. The molecule has 0 radical (unpaired) electrons. The molecule has 0 bridgehead atoms. The Balaban J connectivity index is 1.38. The molecule has 1 aliphatic heterocycles. The number of hydrogen-bond donors (Lipinski definition) is 2. The number of aliphatic imine (C=N–C) groups is 1. The van der Waals surface area contributed by atoms with Gasteiger partial charge in [0.15, 0.2) is 17.4 Å². The van der Waals surface area contributed by atoms with Gasteiger partial charge in [-0.3, -0.25) is 9.30 Å². The highest BCUT2D eigenvalue weighted by Crippen LogP contribution is 2.26. The van der Waals surface area contributed by atoms with Crippen LogP contribution < -0.4 is 10.6 Å². The van der Waals surface area contributed by atoms with Crippen molar-refractivity contribution in [3.63, 3.8) is 0 Å². The van der Waals surface area contributed by atoms with Crippen molar-refractivity contribution >= 4 is 11.6 Å². The standard InChI is InChI=1S/C19H29N7/c1-2-20-19(21-13-18-24-23-17-9-5-6-11-26(17)18)22-15-10-12-25(14-15)16-7-3-4-8-16/h5-6,9,11,15-16H,2-4,7-8,10,12-14H2,1H3,(H2,20,21,22). The number of guanidine groups is 1. The van der Waals surface area contributed by atoms with E-state index in [9.17, 15) is 0 Å². The van der Waals surface area contributed by atoms with E-state index in [1.807, 2.05) is 28.8 Å². The first kappa shape index (κ1) is 17.3. The Hall–Kier alpha value is -2.15. The summed E-state index contributed by atoms with van der Waals surface area (Å²) in [6, 6.07) is 7.20. The number of nitrogens with one attached hydrogen (secondary N) is 2. The van der Waals surface area contributed by atoms with Crippen molar-refractivity contribution in [1.82, 2.24) is 30.1 Å². The van der Waals surface area contributed by atoms with Gasteiger partial charge in [0, 0.05) is 37.9 Å². The molecule has 2 N–H and O–H groups in total. The van der Waals surface area contributed by atoms with E-state index in [0.29, 0.717) is 12.6 Å². The predicted molar refractivity (Wildman–Crippen MR) is 103 cm³/mol. The smallest absolute Gasteiger partial charge is 0.191 e. The summed E-state index contributed by atoms with van der Waals surface area (Å²) in [5, 5.41) is 15.4. The molecule has 1 unspecified atom stereocenters. The molecular formula is C19H29N7. The minimum absolute atomic E-state index is 0.476. The fraction of sp³-hybridized carbons (Fsp3) is 0.632. The summed E-state index contributed by atoms with van der Waals surface area (Å²) in [6.07, 6.45) is 8.72. The SMILES string of the molecule is CCNC(=NCc1nnc2ccccn12)NC1CCN(C2CCCC2)C1. The van der Waals surface area contributed by atoms with Crippen LogP contribution in [-0.2, 0) is 6.54 Å². The maximum atomic E-state index is 4.74. The highest BCUT2D eigenvalue weighted by Gasteiger charge is 2.30. The first-order valence-electron chi connectivity index (χ1n) is 9.91. The zero-order chi connectivity index (χ0) is 17.8. The minimum Gasteiger partial charge on any atom is -0.357 e. The number of aromatic nitrogens is 3. The van der Waals surface area contributed by atoms with Crippen LogP contribution in [0.2, 0.25) is 0 Å². The van der Waals surface area contributed by atoms with Crippen molar-refractivity contribution in [3.8, 4) is 0 Å². The van der Waals surface area contributed by atoms with Gasteiger partial charge >= 0.3 is 0 Å². The summed E-state index contributed by atoms with van der Waals surface area (Å²) in [5.41, 5.74) is 0.860. The molecule has 1 atom stereocenters. The van der Waals surface area contributed by atoms with E-state index in [-0.39, 0.29) is 0 Å². The Morgan fingerprint density at radius 2 is 2.12 bits per heavy atom. The molecule has 0 aromatic carbocycles. The largest absolute Gasteiger partial charge is 0.357 e. The van der Waals surface area contributed by atoms with Crippen LogP contribution in [0.25, 0.3) is 5.65 Å². The van der Waals surface area contributed by atoms with Crippen molar-refractivity contribution < 1.29 is 0 Å². The Morgan fingerprint density at radius 1 is 1.23 bits per heavy atom. The van der Waals surface area contributed by atoms with Gasteiger partial charge < -0.3 is 10.6 Å². The Bertz CT molecular complexity index is 747. The van der Waals surface area contributed by atoms with E-state index < -0.39 is 0 Å². The van der Waals surface area contributed by atoms with E-state index in [2.05, 4.69) is 32.7 Å². The number of pyridine rings is 1. The molecule has 3 heterocycles. The average molecular weight is 355 g/mol. The van der Waals surface area contributed by atoms with Crippen molar-refractivity contribution in [2.45, 2.75) is 57.7 Å². The van der Waals surface area contributed by atoms with Gasteiger partial charge in [-0.1, -0.05) is 18.9 Å². The zero-order valence-corrected chi connectivity index (χ0v) is 15.6. The molecule has 0 spiro atoms. The van der Waals surface area contributed by atoms with Crippen LogP contribution in [0, 0.1) is 0 Å². The Kier molecular flexibility index (Phi) is 5.34. The van der Waals surface area contributed by atoms with Crippen LogP contribution in [0.5, 0.6) is 0 Å². The third-order valence-corrected chi connectivity index (χ3v) is 5.51. The van der Waals surface area contributed by atoms with E-state index in [1.165, 1.54) is 38.6 Å². The second-order valence-electron chi connectivity index (χ2n) is 7.30. The number of likely N-dealkylation sites (tertiary alicyclic amines) is 1. The Morgan fingerprint density at radius 3 is 2.96 bits per heavy atom. The van der Waals surface area contributed by atoms with Crippen molar-refractivity contribution in [2.24, 2.45) is 4.99 Å². The molecule has 2 fully saturated rings. The van der Waals surface area contributed by atoms with E-state index >= 15 is 0 Å². The van der Waals surface area contributed by atoms with Crippen molar-refractivity contribution in [2.75, 3.05) is 19.6 Å². The summed E-state index contributed by atoms with van der Waals surface area (Å²) in [6.45, 7) is 5.80. The van der Waals surface area contributed by atoms with Gasteiger partial charge in [0.25, 0.3) is 0 Å². The number of rotatable bonds is 5. The van der Waals surface area contributed by atoms with E-state index in [0.717, 1.165) is 36.6 Å². The van der Waals surface area contributed by atoms with Gasteiger partial charge in [-0.15, -0.1) is 10.2 Å². The van der Waals surface area contributed by atoms with Gasteiger partial charge in [-0.2, -0.15) is 0 Å². The third-order valence-electron chi connectivity index (χ3n) is 5.51. The highest BCUT2D eigenvalue weighted by atomic mass is 15.3. The van der Waals surface area contributed by atoms with Crippen LogP contribution in [0.1, 0.15) is 44.9 Å². The van der Waals surface area contributed by atoms with Crippen LogP contribution >= 0.6 is 0 Å². The molecule has 7 heteroatoms. The lowest BCUT2D eigenvalue weighted by Crippen LogP contribution is -2.45. The lowest BCUT2D eigenvalue weighted by molar-refractivity contribution is 0.242. The third kappa shape index (κ3) is 3.82. The molecule has 0 amide bonds. The highest BCUT2D eigenvalue weighted by molar-refractivity contribution is 5.80. The fourth-order valence-electron chi connectivity index (χ4n) is 4.17. The summed E-state index contributed by atoms with van der Waals surface area (Å²) in [7, 11) is 0. The van der Waals surface area contributed by atoms with E-state index in [4.69, 9.17) is 4.99 Å². The predicted octanol–water partition coefficient (Wildman–Crippen LogP) is 1.80. The lowest BCUT2D eigenvalue weighted by Gasteiger charge is -2.24. The summed E-state index contributed by atoms with van der Waals surface area (Å²) in [5.74, 6) is 1.73. The van der Waals surface area contributed by atoms with Crippen LogP contribution in [-0.4, -0.2) is 57.2 Å². The molecule has 1 saturated carbocycles. The lowest BCUT2D eigenvalue weighted by atomic mass is 10.2. The molecule has 140 valence electrons. The van der Waals surface area contributed by atoms with Crippen LogP contribution in [0.15, 0.2) is 29.4 Å². The molecule has 4 rings (SSSR count). The molecular weight excluding hydrogens is 326 g/mol. The number of nitrogens with zero attached hydrogens (tertiary/aromatic N) is 5. The van der Waals surface area contributed by atoms with Gasteiger partial charge in [-0.05, 0) is 38.3 Å². The van der Waals surface area contributed by atoms with Crippen molar-refractivity contribution in [3.05, 3.63) is 30.2 Å². The second-order valence-corrected chi connectivity index (χ2v) is 7.30. The topological polar surface area (TPSA) is 69.8 Å². The van der Waals surface area contributed by atoms with Gasteiger partial charge in [0.05, 0.1) is 0 Å². The summed E-state index contributed by atoms with van der Waals surface area (Å²) >= 11 is 0. The average Bonchev–Trinajstić information content (AvgIpc) is 3.40. The normalized spacial score (nSPS) is 22.3. The van der Waals surface area contributed by atoms with Crippen LogP contribution in [0.4, 0.5) is 0 Å². The van der Waals surface area contributed by atoms with Crippen molar-refractivity contribution in [1.29, 1.82) is 0 Å². The zero-order valence-electron chi connectivity index (χ0n) is 15.6. The summed E-state index contributed by atoms with van der Waals surface area (Å²) < 4.78 is 1.99. The van der Waals surface area contributed by atoms with Crippen LogP contribution in [0.3, 0.4) is 0 Å². The fourth-order valence-corrected chi connectivity index (χ4v) is 4.17. The second kappa shape index (κ2) is 8.03. The quantitative estimate of drug-likeness (QED) is 0.632. The number of fused-ring (bicyclic) bond motifs is 1. The van der Waals surface area contributed by atoms with Gasteiger partial charge in [-0.25, -0.2) is 4.99 Å². The minimum atomic E-state index is 0.476. The van der Waals surface area contributed by atoms with Gasteiger partial charge in [0.1, 0.15) is 6.54 Å². The number of hydrogen-bond acceptors (Lipinski definition) is 4. The monoisotopic (exact) mass is 355 g/mol. The molecule has 2 aromatic heterocycles. The first-order valence-corrected chi connectivity index (χ1v) is 9.91. The molecule has 2 aliphatic rings. The van der Waals surface area contributed by atoms with E-state index in [1.54, 1.807) is 0 Å². The molecule has 26 heavy (non-hydrogen) atoms. The molecule has 1 aliphatic carbocycles. The maximum Gasteiger partial charge on any atom is 0.191 e. The Labute approximate surface area is 154 Å². The molecule has 1 saturated heterocycles. The summed E-state index contributed by atoms with van der Waals surface area (Å²) in [4.78, 5) is 7.41. The maximum absolute atomic E-state index is 4.74. The van der Waals surface area contributed by atoms with Gasteiger partial charge in [0.2, 0.25) is 0 Å². The molecule has 7 nitrogen and oxygen atoms in total.